The van der Waals surface area contributed by atoms with Gasteiger partial charge in [0.1, 0.15) is 4.75 Å². The Morgan fingerprint density at radius 1 is 1.50 bits per heavy atom. The molecule has 1 aromatic rings. The van der Waals surface area contributed by atoms with E-state index in [1.54, 1.807) is 0 Å². The van der Waals surface area contributed by atoms with Crippen LogP contribution in [0.1, 0.15) is 19.7 Å². The first-order chi connectivity index (χ1) is 7.25. The van der Waals surface area contributed by atoms with E-state index in [2.05, 4.69) is 25.9 Å². The van der Waals surface area contributed by atoms with Crippen molar-refractivity contribution in [2.45, 2.75) is 25.1 Å². The molecular weight excluding hydrogens is 234 g/mol. The molecule has 0 radical (unpaired) electrons. The molecule has 0 spiro atoms. The van der Waals surface area contributed by atoms with Gasteiger partial charge in [0.2, 0.25) is 5.91 Å². The molecule has 1 rings (SSSR count). The topological polar surface area (TPSA) is 118 Å². The zero-order valence-corrected chi connectivity index (χ0v) is 10.00. The lowest BCUT2D eigenvalue weighted by molar-refractivity contribution is -0.123. The fourth-order valence-corrected chi connectivity index (χ4v) is 1.21. The zero-order chi connectivity index (χ0) is 12.4. The smallest absolute Gasteiger partial charge is 0.241 e. The van der Waals surface area contributed by atoms with Gasteiger partial charge in [0.15, 0.2) is 15.7 Å². The summed E-state index contributed by atoms with van der Waals surface area (Å²) in [6, 6.07) is 0. The Kier molecular flexibility index (Phi) is 3.27. The van der Waals surface area contributed by atoms with Crippen molar-refractivity contribution in [1.29, 1.82) is 0 Å². The number of nitrogens with one attached hydrogen (secondary N) is 2. The van der Waals surface area contributed by atoms with Crippen LogP contribution in [0, 0.1) is 0 Å². The third kappa shape index (κ3) is 2.54. The Morgan fingerprint density at radius 3 is 2.56 bits per heavy atom. The average Bonchev–Trinajstić information content (AvgIpc) is 2.64. The van der Waals surface area contributed by atoms with Crippen LogP contribution in [0.15, 0.2) is 0 Å². The fourth-order valence-electron chi connectivity index (χ4n) is 0.798. The standard InChI is InChI=1S/C7H13N5O3S/c1-7(2,16(3,14)15)6(13)8-4-5-9-11-12-10-5/h4H2,1-3H3,(H,8,13)(H,9,10,11,12). The summed E-state index contributed by atoms with van der Waals surface area (Å²) in [5, 5.41) is 15.2. The molecule has 0 aliphatic carbocycles. The number of amides is 1. The number of nitrogens with zero attached hydrogens (tertiary/aromatic N) is 3. The van der Waals surface area contributed by atoms with E-state index in [1.807, 2.05) is 0 Å². The SMILES string of the molecule is CC(C)(C(=O)NCc1nn[nH]n1)S(C)(=O)=O. The van der Waals surface area contributed by atoms with Gasteiger partial charge in [-0.1, -0.05) is 5.21 Å². The number of hydrogen-bond donors (Lipinski definition) is 2. The van der Waals surface area contributed by atoms with Crippen LogP contribution in [-0.2, 0) is 21.2 Å². The molecule has 0 unspecified atom stereocenters. The van der Waals surface area contributed by atoms with E-state index in [0.717, 1.165) is 6.26 Å². The number of aromatic nitrogens is 4. The zero-order valence-electron chi connectivity index (χ0n) is 9.18. The molecule has 0 bridgehead atoms. The Bertz CT molecular complexity index is 464. The van der Waals surface area contributed by atoms with E-state index in [9.17, 15) is 13.2 Å². The van der Waals surface area contributed by atoms with Gasteiger partial charge in [-0.3, -0.25) is 4.79 Å². The molecule has 0 saturated carbocycles. The molecule has 0 aliphatic heterocycles. The molecule has 2 N–H and O–H groups in total. The van der Waals surface area contributed by atoms with Gasteiger partial charge in [0.25, 0.3) is 0 Å². The van der Waals surface area contributed by atoms with E-state index in [1.165, 1.54) is 13.8 Å². The number of aromatic amines is 1. The highest BCUT2D eigenvalue weighted by atomic mass is 32.2. The van der Waals surface area contributed by atoms with Gasteiger partial charge >= 0.3 is 0 Å². The van der Waals surface area contributed by atoms with Crippen LogP contribution in [0.25, 0.3) is 0 Å². The highest BCUT2D eigenvalue weighted by Gasteiger charge is 2.38. The third-order valence-electron chi connectivity index (χ3n) is 2.27. The van der Waals surface area contributed by atoms with E-state index in [4.69, 9.17) is 0 Å². The second-order valence-corrected chi connectivity index (χ2v) is 6.36. The molecule has 0 saturated heterocycles. The fraction of sp³-hybridized carbons (Fsp3) is 0.714. The third-order valence-corrected chi connectivity index (χ3v) is 4.31. The molecule has 1 heterocycles. The van der Waals surface area contributed by atoms with Gasteiger partial charge in [0.05, 0.1) is 6.54 Å². The van der Waals surface area contributed by atoms with Gasteiger partial charge in [0, 0.05) is 6.26 Å². The summed E-state index contributed by atoms with van der Waals surface area (Å²) in [5.74, 6) is -0.308. The van der Waals surface area contributed by atoms with E-state index < -0.39 is 20.5 Å². The molecule has 0 aromatic carbocycles. The van der Waals surface area contributed by atoms with E-state index in [-0.39, 0.29) is 12.4 Å². The molecule has 0 fully saturated rings. The minimum atomic E-state index is -3.47. The molecule has 0 aliphatic rings. The van der Waals surface area contributed by atoms with Crippen molar-refractivity contribution in [3.8, 4) is 0 Å². The van der Waals surface area contributed by atoms with Crippen molar-refractivity contribution in [3.05, 3.63) is 5.82 Å². The lowest BCUT2D eigenvalue weighted by atomic mass is 10.2. The predicted molar refractivity (Wildman–Crippen MR) is 54.9 cm³/mol. The average molecular weight is 247 g/mol. The van der Waals surface area contributed by atoms with Gasteiger partial charge in [-0.15, -0.1) is 10.2 Å². The number of tetrazole rings is 1. The first-order valence-corrected chi connectivity index (χ1v) is 6.34. The molecule has 9 heteroatoms. The molecule has 1 amide bonds. The van der Waals surface area contributed by atoms with Crippen molar-refractivity contribution < 1.29 is 13.2 Å². The number of H-pyrrole nitrogens is 1. The maximum atomic E-state index is 11.6. The number of rotatable bonds is 4. The Labute approximate surface area is 92.7 Å². The second kappa shape index (κ2) is 4.16. The normalized spacial score (nSPS) is 12.4. The summed E-state index contributed by atoms with van der Waals surface area (Å²) >= 11 is 0. The van der Waals surface area contributed by atoms with Gasteiger partial charge in [-0.25, -0.2) is 8.42 Å². The highest BCUT2D eigenvalue weighted by molar-refractivity contribution is 7.92. The summed E-state index contributed by atoms with van der Waals surface area (Å²) < 4.78 is 21.2. The van der Waals surface area contributed by atoms with E-state index >= 15 is 0 Å². The molecule has 16 heavy (non-hydrogen) atoms. The Hall–Kier alpha value is -1.51. The number of sulfone groups is 1. The van der Waals surface area contributed by atoms with Crippen molar-refractivity contribution >= 4 is 15.7 Å². The van der Waals surface area contributed by atoms with Gasteiger partial charge in [-0.05, 0) is 13.8 Å². The minimum absolute atomic E-state index is 0.0360. The van der Waals surface area contributed by atoms with Crippen molar-refractivity contribution in [1.82, 2.24) is 25.9 Å². The van der Waals surface area contributed by atoms with Gasteiger partial charge in [-0.2, -0.15) is 5.21 Å². The van der Waals surface area contributed by atoms with Crippen LogP contribution in [0.4, 0.5) is 0 Å². The van der Waals surface area contributed by atoms with Crippen molar-refractivity contribution in [2.24, 2.45) is 0 Å². The van der Waals surface area contributed by atoms with Crippen LogP contribution >= 0.6 is 0 Å². The Morgan fingerprint density at radius 2 is 2.12 bits per heavy atom. The summed E-state index contributed by atoms with van der Waals surface area (Å²) in [6.45, 7) is 2.72. The molecule has 90 valence electrons. The number of carbonyl (C=O) groups is 1. The molecule has 0 atom stereocenters. The van der Waals surface area contributed by atoms with Crippen LogP contribution in [0.5, 0.6) is 0 Å². The maximum Gasteiger partial charge on any atom is 0.241 e. The number of hydrogen-bond acceptors (Lipinski definition) is 6. The summed E-state index contributed by atoms with van der Waals surface area (Å²) in [4.78, 5) is 11.6. The molecular formula is C7H13N5O3S. The van der Waals surface area contributed by atoms with Crippen LogP contribution in [0.3, 0.4) is 0 Å². The Balaban J connectivity index is 2.66. The summed E-state index contributed by atoms with van der Waals surface area (Å²) in [6.07, 6.45) is 1.01. The molecule has 8 nitrogen and oxygen atoms in total. The van der Waals surface area contributed by atoms with Crippen molar-refractivity contribution in [2.75, 3.05) is 6.26 Å². The lowest BCUT2D eigenvalue weighted by Crippen LogP contribution is -2.47. The lowest BCUT2D eigenvalue weighted by Gasteiger charge is -2.20. The van der Waals surface area contributed by atoms with Crippen LogP contribution in [0.2, 0.25) is 0 Å². The molecule has 1 aromatic heterocycles. The van der Waals surface area contributed by atoms with Gasteiger partial charge < -0.3 is 5.32 Å². The maximum absolute atomic E-state index is 11.6. The van der Waals surface area contributed by atoms with Crippen molar-refractivity contribution in [3.63, 3.8) is 0 Å². The second-order valence-electron chi connectivity index (χ2n) is 3.79. The first-order valence-electron chi connectivity index (χ1n) is 4.45. The minimum Gasteiger partial charge on any atom is -0.347 e. The van der Waals surface area contributed by atoms with Crippen LogP contribution in [-0.4, -0.2) is 46.0 Å². The largest absolute Gasteiger partial charge is 0.347 e. The summed E-state index contributed by atoms with van der Waals surface area (Å²) in [5.41, 5.74) is 0. The monoisotopic (exact) mass is 247 g/mol. The predicted octanol–water partition coefficient (Wildman–Crippen LogP) is -1.36. The van der Waals surface area contributed by atoms with Crippen LogP contribution < -0.4 is 5.32 Å². The first kappa shape index (κ1) is 12.6. The van der Waals surface area contributed by atoms with E-state index in [0.29, 0.717) is 0 Å². The quantitative estimate of drug-likeness (QED) is 0.678. The highest BCUT2D eigenvalue weighted by Crippen LogP contribution is 2.14. The summed E-state index contributed by atoms with van der Waals surface area (Å²) in [7, 11) is -3.47. The number of carbonyl (C=O) groups excluding carboxylic acids is 1.